The van der Waals surface area contributed by atoms with Crippen LogP contribution in [0, 0.1) is 10.1 Å². The van der Waals surface area contributed by atoms with Gasteiger partial charge in [0.2, 0.25) is 11.8 Å². The number of benzene rings is 1. The summed E-state index contributed by atoms with van der Waals surface area (Å²) in [7, 11) is 0. The van der Waals surface area contributed by atoms with Gasteiger partial charge in [-0.2, -0.15) is 0 Å². The van der Waals surface area contributed by atoms with Crippen molar-refractivity contribution in [2.24, 2.45) is 0 Å². The first-order valence-corrected chi connectivity index (χ1v) is 15.0. The van der Waals surface area contributed by atoms with Crippen molar-refractivity contribution in [1.82, 2.24) is 10.6 Å². The zero-order valence-corrected chi connectivity index (χ0v) is 25.3. The predicted octanol–water partition coefficient (Wildman–Crippen LogP) is 2.11. The van der Waals surface area contributed by atoms with E-state index in [2.05, 4.69) is 10.6 Å². The summed E-state index contributed by atoms with van der Waals surface area (Å²) < 4.78 is 20.7. The number of nitrogens with zero attached hydrogens (tertiary/aromatic N) is 1. The van der Waals surface area contributed by atoms with Crippen molar-refractivity contribution in [3.05, 3.63) is 39.9 Å². The molecule has 0 aliphatic heterocycles. The highest BCUT2D eigenvalue weighted by atomic mass is 32.2. The van der Waals surface area contributed by atoms with Crippen LogP contribution in [-0.2, 0) is 49.3 Å². The van der Waals surface area contributed by atoms with Gasteiger partial charge in [-0.15, -0.1) is 0 Å². The Morgan fingerprint density at radius 3 is 2.02 bits per heavy atom. The molecule has 43 heavy (non-hydrogen) atoms. The van der Waals surface area contributed by atoms with Gasteiger partial charge in [0.05, 0.1) is 50.7 Å². The van der Waals surface area contributed by atoms with E-state index in [0.717, 1.165) is 25.0 Å². The van der Waals surface area contributed by atoms with Crippen LogP contribution in [0.15, 0.2) is 24.3 Å². The van der Waals surface area contributed by atoms with Gasteiger partial charge >= 0.3 is 11.9 Å². The van der Waals surface area contributed by atoms with E-state index in [4.69, 9.17) is 18.9 Å². The second-order valence-electron chi connectivity index (χ2n) is 9.12. The maximum atomic E-state index is 11.8. The molecule has 0 saturated heterocycles. The number of amides is 2. The number of thioether (sulfide) groups is 1. The SMILES string of the molecule is CC(=O)SCCCCCC(=O)NCCOC(=O)CCC(=O)NCCOCCOCCOC(=O)Cc1ccc([N+](=O)[O-])cc1. The van der Waals surface area contributed by atoms with Crippen LogP contribution in [0.1, 0.15) is 51.0 Å². The summed E-state index contributed by atoms with van der Waals surface area (Å²) in [5.74, 6) is -0.680. The van der Waals surface area contributed by atoms with Crippen LogP contribution in [0.3, 0.4) is 0 Å². The third-order valence-corrected chi connectivity index (χ3v) is 6.42. The van der Waals surface area contributed by atoms with E-state index in [-0.39, 0.29) is 94.6 Å². The van der Waals surface area contributed by atoms with Gasteiger partial charge in [0, 0.05) is 44.2 Å². The zero-order valence-electron chi connectivity index (χ0n) is 24.5. The molecule has 0 aliphatic carbocycles. The molecule has 1 aromatic rings. The van der Waals surface area contributed by atoms with Crippen LogP contribution < -0.4 is 10.6 Å². The van der Waals surface area contributed by atoms with E-state index in [0.29, 0.717) is 12.0 Å². The van der Waals surface area contributed by atoms with Crippen molar-refractivity contribution >= 4 is 46.3 Å². The third-order valence-electron chi connectivity index (χ3n) is 5.52. The molecule has 240 valence electrons. The molecule has 1 aromatic carbocycles. The van der Waals surface area contributed by atoms with Crippen molar-refractivity contribution < 1.29 is 47.8 Å². The maximum absolute atomic E-state index is 11.8. The molecule has 0 aromatic heterocycles. The van der Waals surface area contributed by atoms with Crippen molar-refractivity contribution in [3.8, 4) is 0 Å². The molecule has 2 amide bonds. The van der Waals surface area contributed by atoms with Crippen LogP contribution in [-0.4, -0.2) is 92.3 Å². The van der Waals surface area contributed by atoms with Crippen molar-refractivity contribution in [2.45, 2.75) is 51.9 Å². The van der Waals surface area contributed by atoms with Crippen LogP contribution in [0.25, 0.3) is 0 Å². The number of nitro groups is 1. The lowest BCUT2D eigenvalue weighted by atomic mass is 10.1. The molecule has 1 rings (SSSR count). The number of non-ortho nitro benzene ring substituents is 1. The molecular weight excluding hydrogens is 586 g/mol. The van der Waals surface area contributed by atoms with Crippen molar-refractivity contribution in [2.75, 3.05) is 58.5 Å². The Bertz CT molecular complexity index is 1020. The summed E-state index contributed by atoms with van der Waals surface area (Å²) in [5, 5.41) is 16.0. The Kier molecular flexibility index (Phi) is 20.9. The van der Waals surface area contributed by atoms with Gasteiger partial charge in [-0.25, -0.2) is 0 Å². The lowest BCUT2D eigenvalue weighted by Gasteiger charge is -2.08. The second kappa shape index (κ2) is 23.9. The monoisotopic (exact) mass is 627 g/mol. The maximum Gasteiger partial charge on any atom is 0.310 e. The van der Waals surface area contributed by atoms with Gasteiger partial charge in [0.1, 0.15) is 13.2 Å². The first kappa shape index (κ1) is 37.5. The van der Waals surface area contributed by atoms with Gasteiger partial charge in [-0.3, -0.25) is 34.1 Å². The Labute approximate surface area is 255 Å². The third kappa shape index (κ3) is 21.8. The van der Waals surface area contributed by atoms with Gasteiger partial charge < -0.3 is 29.6 Å². The van der Waals surface area contributed by atoms with E-state index in [1.807, 2.05) is 0 Å². The van der Waals surface area contributed by atoms with E-state index >= 15 is 0 Å². The number of unbranched alkanes of at least 4 members (excludes halogenated alkanes) is 2. The minimum atomic E-state index is -0.530. The van der Waals surface area contributed by atoms with E-state index in [1.54, 1.807) is 0 Å². The normalized spacial score (nSPS) is 10.5. The fourth-order valence-electron chi connectivity index (χ4n) is 3.35. The van der Waals surface area contributed by atoms with E-state index < -0.39 is 16.9 Å². The number of nitro benzene ring substituents is 1. The fourth-order valence-corrected chi connectivity index (χ4v) is 3.99. The summed E-state index contributed by atoms with van der Waals surface area (Å²) in [6.45, 7) is 3.05. The van der Waals surface area contributed by atoms with E-state index in [1.165, 1.54) is 43.0 Å². The van der Waals surface area contributed by atoms with Crippen molar-refractivity contribution in [1.29, 1.82) is 0 Å². The number of hydrogen-bond donors (Lipinski definition) is 2. The number of carbonyl (C=O) groups is 5. The zero-order chi connectivity index (χ0) is 31.7. The average Bonchev–Trinajstić information content (AvgIpc) is 2.97. The molecule has 15 heteroatoms. The molecule has 2 N–H and O–H groups in total. The van der Waals surface area contributed by atoms with Crippen LogP contribution in [0.5, 0.6) is 0 Å². The highest BCUT2D eigenvalue weighted by Crippen LogP contribution is 2.12. The first-order chi connectivity index (χ1) is 20.7. The standard InChI is InChI=1S/C28H41N3O11S/c1-22(32)43-20-4-2-3-5-25(33)30-13-15-41-27(35)11-10-26(34)29-12-14-39-16-17-40-18-19-42-28(36)21-23-6-8-24(9-7-23)31(37)38/h6-9H,2-5,10-21H2,1H3,(H,29,34)(H,30,33). The minimum Gasteiger partial charge on any atom is -0.464 e. The van der Waals surface area contributed by atoms with Crippen LogP contribution >= 0.6 is 11.8 Å². The number of ether oxygens (including phenoxy) is 4. The molecular formula is C28H41N3O11S. The highest BCUT2D eigenvalue weighted by molar-refractivity contribution is 8.13. The molecule has 0 bridgehead atoms. The highest BCUT2D eigenvalue weighted by Gasteiger charge is 2.10. The summed E-state index contributed by atoms with van der Waals surface area (Å²) in [6, 6.07) is 5.65. The Hall–Kier alpha value is -3.56. The molecule has 0 atom stereocenters. The van der Waals surface area contributed by atoms with Crippen LogP contribution in [0.2, 0.25) is 0 Å². The fraction of sp³-hybridized carbons (Fsp3) is 0.607. The molecule has 0 heterocycles. The topological polar surface area (TPSA) is 189 Å². The molecule has 14 nitrogen and oxygen atoms in total. The Balaban J connectivity index is 1.90. The molecule has 0 unspecified atom stereocenters. The number of hydrogen-bond acceptors (Lipinski definition) is 12. The summed E-state index contributed by atoms with van der Waals surface area (Å²) in [5.41, 5.74) is 0.557. The predicted molar refractivity (Wildman–Crippen MR) is 157 cm³/mol. The number of rotatable bonds is 24. The van der Waals surface area contributed by atoms with Crippen molar-refractivity contribution in [3.63, 3.8) is 0 Å². The minimum absolute atomic E-state index is 0.000210. The van der Waals surface area contributed by atoms with Gasteiger partial charge in [0.15, 0.2) is 5.12 Å². The lowest BCUT2D eigenvalue weighted by molar-refractivity contribution is -0.384. The first-order valence-electron chi connectivity index (χ1n) is 14.0. The summed E-state index contributed by atoms with van der Waals surface area (Å²) in [6.07, 6.45) is 2.74. The average molecular weight is 628 g/mol. The Morgan fingerprint density at radius 2 is 1.35 bits per heavy atom. The number of carbonyl (C=O) groups excluding carboxylic acids is 5. The number of nitrogens with one attached hydrogen (secondary N) is 2. The molecule has 0 spiro atoms. The molecule has 0 fully saturated rings. The van der Waals surface area contributed by atoms with E-state index in [9.17, 15) is 34.1 Å². The lowest BCUT2D eigenvalue weighted by Crippen LogP contribution is -2.29. The number of esters is 2. The second-order valence-corrected chi connectivity index (χ2v) is 10.4. The molecule has 0 aliphatic rings. The smallest absolute Gasteiger partial charge is 0.310 e. The summed E-state index contributed by atoms with van der Waals surface area (Å²) in [4.78, 5) is 68.1. The largest absolute Gasteiger partial charge is 0.464 e. The quantitative estimate of drug-likeness (QED) is 0.0736. The van der Waals surface area contributed by atoms with Gasteiger partial charge in [-0.05, 0) is 18.4 Å². The molecule has 0 radical (unpaired) electrons. The Morgan fingerprint density at radius 1 is 0.744 bits per heavy atom. The summed E-state index contributed by atoms with van der Waals surface area (Å²) >= 11 is 1.28. The van der Waals surface area contributed by atoms with Gasteiger partial charge in [0.25, 0.3) is 5.69 Å². The van der Waals surface area contributed by atoms with Gasteiger partial charge in [-0.1, -0.05) is 30.3 Å². The molecule has 0 saturated carbocycles. The van der Waals surface area contributed by atoms with Crippen LogP contribution in [0.4, 0.5) is 5.69 Å².